The van der Waals surface area contributed by atoms with E-state index in [1.54, 1.807) is 4.90 Å². The van der Waals surface area contributed by atoms with Crippen LogP contribution < -0.4 is 20.5 Å². The molecule has 8 rings (SSSR count). The summed E-state index contributed by atoms with van der Waals surface area (Å²) in [5.41, 5.74) is -5.12. The second kappa shape index (κ2) is 11.5. The number of aromatic nitrogens is 3. The standard InChI is InChI=1S/C33H33F5N6O4/c34-23-4-1-18-11-21(45)12-24(26(18)27(23)35)44-25(33(36,37)38)13-22-28(30(44)46)40-31(41-29(22)43-14-19-2-3-20(15-43)39-19)48-17-32(5-6-32)16-42-7-9-47-10-8-42/h1,4,11-13,19-20,39,45H,2-3,5-10,14-17H2/t19-,20+/i17D2. The van der Waals surface area contributed by atoms with Crippen molar-refractivity contribution in [3.05, 3.63) is 58.0 Å². The van der Waals surface area contributed by atoms with Crippen molar-refractivity contribution in [2.75, 3.05) is 57.4 Å². The number of nitrogens with zero attached hydrogens (tertiary/aromatic N) is 5. The van der Waals surface area contributed by atoms with Gasteiger partial charge in [0.05, 0.1) is 33.6 Å². The number of benzene rings is 2. The summed E-state index contributed by atoms with van der Waals surface area (Å²) in [7, 11) is 0. The van der Waals surface area contributed by atoms with Crippen molar-refractivity contribution >= 4 is 27.5 Å². The molecular formula is C33H33F5N6O4. The van der Waals surface area contributed by atoms with Crippen LogP contribution in [0.5, 0.6) is 11.8 Å². The van der Waals surface area contributed by atoms with Crippen LogP contribution in [0.3, 0.4) is 0 Å². The molecular weight excluding hydrogens is 639 g/mol. The van der Waals surface area contributed by atoms with Gasteiger partial charge in [-0.25, -0.2) is 8.78 Å². The summed E-state index contributed by atoms with van der Waals surface area (Å²) in [5, 5.41) is 12.8. The molecule has 0 spiro atoms. The molecule has 2 bridgehead atoms. The number of halogens is 5. The molecule has 2 aromatic carbocycles. The zero-order valence-corrected chi connectivity index (χ0v) is 25.6. The molecule has 1 aliphatic carbocycles. The Morgan fingerprint density at radius 2 is 1.81 bits per heavy atom. The third-order valence-electron chi connectivity index (χ3n) is 9.69. The van der Waals surface area contributed by atoms with Crippen molar-refractivity contribution < 1.29 is 39.3 Å². The molecule has 48 heavy (non-hydrogen) atoms. The summed E-state index contributed by atoms with van der Waals surface area (Å²) in [6.07, 6.45) is -2.53. The van der Waals surface area contributed by atoms with Gasteiger partial charge in [0.25, 0.3) is 5.56 Å². The van der Waals surface area contributed by atoms with Crippen LogP contribution in [-0.4, -0.2) is 89.1 Å². The number of fused-ring (bicyclic) bond motifs is 4. The lowest BCUT2D eigenvalue weighted by molar-refractivity contribution is -0.142. The molecule has 10 nitrogen and oxygen atoms in total. The molecule has 0 radical (unpaired) electrons. The fourth-order valence-electron chi connectivity index (χ4n) is 7.17. The topological polar surface area (TPSA) is 105 Å². The fraction of sp³-hybridized carbons (Fsp3) is 0.485. The van der Waals surface area contributed by atoms with Gasteiger partial charge in [0.2, 0.25) is 0 Å². The number of nitrogens with one attached hydrogen (secondary N) is 1. The predicted molar refractivity (Wildman–Crippen MR) is 166 cm³/mol. The highest BCUT2D eigenvalue weighted by atomic mass is 19.4. The monoisotopic (exact) mass is 674 g/mol. The van der Waals surface area contributed by atoms with Crippen molar-refractivity contribution in [2.24, 2.45) is 5.41 Å². The van der Waals surface area contributed by atoms with E-state index in [0.717, 1.165) is 37.1 Å². The number of pyridine rings is 1. The number of piperazine rings is 1. The molecule has 0 unspecified atom stereocenters. The predicted octanol–water partition coefficient (Wildman–Crippen LogP) is 4.37. The molecule has 2 N–H and O–H groups in total. The van der Waals surface area contributed by atoms with Crippen molar-refractivity contribution in [3.63, 3.8) is 0 Å². The van der Waals surface area contributed by atoms with Crippen LogP contribution in [0.25, 0.3) is 27.4 Å². The molecule has 4 aliphatic rings. The summed E-state index contributed by atoms with van der Waals surface area (Å²) in [5.74, 6) is -3.51. The van der Waals surface area contributed by atoms with Crippen LogP contribution in [0.15, 0.2) is 35.1 Å². The quantitative estimate of drug-likeness (QED) is 0.277. The number of phenols is 1. The minimum absolute atomic E-state index is 0.0109. The zero-order valence-electron chi connectivity index (χ0n) is 27.6. The van der Waals surface area contributed by atoms with Crippen LogP contribution in [0.1, 0.15) is 34.1 Å². The van der Waals surface area contributed by atoms with E-state index < -0.39 is 69.4 Å². The first-order chi connectivity index (χ1) is 23.7. The zero-order chi connectivity index (χ0) is 35.2. The molecule has 5 heterocycles. The Morgan fingerprint density at radius 1 is 1.08 bits per heavy atom. The summed E-state index contributed by atoms with van der Waals surface area (Å²) in [4.78, 5) is 26.9. The van der Waals surface area contributed by atoms with Crippen LogP contribution in [0.2, 0.25) is 0 Å². The Morgan fingerprint density at radius 3 is 2.50 bits per heavy atom. The van der Waals surface area contributed by atoms with E-state index in [2.05, 4.69) is 20.2 Å². The molecule has 2 atom stereocenters. The molecule has 3 saturated heterocycles. The van der Waals surface area contributed by atoms with Gasteiger partial charge < -0.3 is 24.8 Å². The van der Waals surface area contributed by atoms with Gasteiger partial charge in [-0.3, -0.25) is 14.3 Å². The van der Waals surface area contributed by atoms with Crippen LogP contribution >= 0.6 is 0 Å². The van der Waals surface area contributed by atoms with E-state index in [4.69, 9.17) is 12.2 Å². The van der Waals surface area contributed by atoms with Gasteiger partial charge in [-0.1, -0.05) is 6.07 Å². The van der Waals surface area contributed by atoms with E-state index in [9.17, 15) is 27.5 Å². The van der Waals surface area contributed by atoms with Gasteiger partial charge in [-0.15, -0.1) is 0 Å². The maximum Gasteiger partial charge on any atom is 0.431 e. The first-order valence-electron chi connectivity index (χ1n) is 16.9. The number of hydrogen-bond donors (Lipinski definition) is 2. The first kappa shape index (κ1) is 28.9. The van der Waals surface area contributed by atoms with Gasteiger partial charge >= 0.3 is 12.2 Å². The second-order valence-electron chi connectivity index (χ2n) is 13.1. The normalized spacial score (nSPS) is 23.4. The SMILES string of the molecule is [2H]C([2H])(Oc1nc(N2C[C@H]3CC[C@@H](C2)N3)c2cc(C(F)(F)F)n(-c3cc(O)cc4ccc(F)c(F)c34)c(=O)c2n1)C1(CN2CCOCC2)CC1. The largest absolute Gasteiger partial charge is 0.508 e. The Labute approximate surface area is 273 Å². The van der Waals surface area contributed by atoms with Crippen LogP contribution in [0.4, 0.5) is 27.8 Å². The summed E-state index contributed by atoms with van der Waals surface area (Å²) >= 11 is 0. The molecule has 0 amide bonds. The molecule has 15 heteroatoms. The summed E-state index contributed by atoms with van der Waals surface area (Å²) in [6.45, 7) is 1.02. The lowest BCUT2D eigenvalue weighted by Gasteiger charge is -2.34. The van der Waals surface area contributed by atoms with E-state index in [1.807, 2.05) is 0 Å². The van der Waals surface area contributed by atoms with Gasteiger partial charge in [0.15, 0.2) is 11.6 Å². The average Bonchev–Trinajstić information content (AvgIpc) is 3.78. The third kappa shape index (κ3) is 5.60. The highest BCUT2D eigenvalue weighted by molar-refractivity contribution is 5.94. The summed E-state index contributed by atoms with van der Waals surface area (Å²) in [6, 6.07) is 3.79. The lowest BCUT2D eigenvalue weighted by Crippen LogP contribution is -2.51. The first-order valence-corrected chi connectivity index (χ1v) is 15.9. The maximum atomic E-state index is 15.3. The lowest BCUT2D eigenvalue weighted by atomic mass is 10.1. The van der Waals surface area contributed by atoms with Gasteiger partial charge in [0, 0.05) is 61.7 Å². The highest BCUT2D eigenvalue weighted by Crippen LogP contribution is 2.47. The number of alkyl halides is 3. The Bertz CT molecular complexity index is 2060. The molecule has 1 saturated carbocycles. The van der Waals surface area contributed by atoms with Crippen LogP contribution in [0, 0.1) is 17.0 Å². The van der Waals surface area contributed by atoms with Crippen molar-refractivity contribution in [1.29, 1.82) is 0 Å². The van der Waals surface area contributed by atoms with E-state index in [0.29, 0.717) is 64.8 Å². The number of hydrogen-bond acceptors (Lipinski definition) is 9. The van der Waals surface area contributed by atoms with Crippen molar-refractivity contribution in [2.45, 2.75) is 43.9 Å². The molecule has 254 valence electrons. The Kier molecular flexibility index (Phi) is 6.93. The van der Waals surface area contributed by atoms with Crippen molar-refractivity contribution in [3.8, 4) is 17.4 Å². The van der Waals surface area contributed by atoms with Gasteiger partial charge in [-0.05, 0) is 49.3 Å². The molecule has 4 aromatic rings. The Balaban J connectivity index is 1.33. The van der Waals surface area contributed by atoms with E-state index in [-0.39, 0.29) is 33.2 Å². The number of phenolic OH excluding ortho intramolecular Hbond substituents is 1. The summed E-state index contributed by atoms with van der Waals surface area (Å²) < 4.78 is 104. The van der Waals surface area contributed by atoms with Gasteiger partial charge in [-0.2, -0.15) is 23.1 Å². The minimum atomic E-state index is -5.20. The number of rotatable bonds is 7. The Hall–Kier alpha value is -4.08. The number of anilines is 1. The van der Waals surface area contributed by atoms with Crippen molar-refractivity contribution in [1.82, 2.24) is 24.8 Å². The molecule has 2 aromatic heterocycles. The van der Waals surface area contributed by atoms with E-state index in [1.165, 1.54) is 0 Å². The number of aromatic hydroxyl groups is 1. The molecule has 3 aliphatic heterocycles. The maximum absolute atomic E-state index is 15.3. The smallest absolute Gasteiger partial charge is 0.431 e. The minimum Gasteiger partial charge on any atom is -0.508 e. The van der Waals surface area contributed by atoms with E-state index >= 15 is 4.39 Å². The highest BCUT2D eigenvalue weighted by Gasteiger charge is 2.45. The molecule has 4 fully saturated rings. The third-order valence-corrected chi connectivity index (χ3v) is 9.69. The van der Waals surface area contributed by atoms with Gasteiger partial charge in [0.1, 0.15) is 22.8 Å². The number of morpholine rings is 1. The number of ether oxygens (including phenoxy) is 2. The average molecular weight is 675 g/mol. The van der Waals surface area contributed by atoms with Crippen LogP contribution in [-0.2, 0) is 10.9 Å². The second-order valence-corrected chi connectivity index (χ2v) is 13.1. The fourth-order valence-corrected chi connectivity index (χ4v) is 7.17.